The monoisotopic (exact) mass is 361 g/mol. The first-order valence-corrected chi connectivity index (χ1v) is 9.58. The summed E-state index contributed by atoms with van der Waals surface area (Å²) < 4.78 is 5.24. The summed E-state index contributed by atoms with van der Waals surface area (Å²) in [6.07, 6.45) is 2.54. The first-order valence-electron chi connectivity index (χ1n) is 9.58. The van der Waals surface area contributed by atoms with Crippen LogP contribution in [0.3, 0.4) is 0 Å². The van der Waals surface area contributed by atoms with E-state index in [0.29, 0.717) is 19.5 Å². The Morgan fingerprint density at radius 3 is 2.41 bits per heavy atom. The lowest BCUT2D eigenvalue weighted by atomic mass is 10.0. The Hall–Kier alpha value is -2.81. The Balaban J connectivity index is 1.85. The minimum absolute atomic E-state index is 0.209. The molecule has 27 heavy (non-hydrogen) atoms. The van der Waals surface area contributed by atoms with E-state index in [9.17, 15) is 4.79 Å². The van der Waals surface area contributed by atoms with Gasteiger partial charge < -0.3 is 9.64 Å². The molecular weight excluding hydrogens is 334 g/mol. The molecule has 0 fully saturated rings. The van der Waals surface area contributed by atoms with E-state index < -0.39 is 0 Å². The van der Waals surface area contributed by atoms with Gasteiger partial charge in [-0.3, -0.25) is 4.79 Å². The summed E-state index contributed by atoms with van der Waals surface area (Å²) in [5, 5.41) is 2.42. The number of hydrogen-bond donors (Lipinski definition) is 0. The minimum atomic E-state index is 0.209. The molecule has 0 saturated heterocycles. The maximum atomic E-state index is 12.9. The van der Waals surface area contributed by atoms with Crippen molar-refractivity contribution in [1.29, 1.82) is 0 Å². The number of carbonyl (C=O) groups is 1. The van der Waals surface area contributed by atoms with Crippen LogP contribution in [-0.4, -0.2) is 17.9 Å². The van der Waals surface area contributed by atoms with Gasteiger partial charge in [-0.2, -0.15) is 0 Å². The van der Waals surface area contributed by atoms with Crippen molar-refractivity contribution in [2.75, 3.05) is 7.11 Å². The van der Waals surface area contributed by atoms with Crippen LogP contribution in [0.5, 0.6) is 5.75 Å². The fourth-order valence-electron chi connectivity index (χ4n) is 3.31. The predicted octanol–water partition coefficient (Wildman–Crippen LogP) is 5.57. The molecule has 3 nitrogen and oxygen atoms in total. The van der Waals surface area contributed by atoms with Gasteiger partial charge in [-0.15, -0.1) is 0 Å². The molecule has 0 atom stereocenters. The molecule has 0 aliphatic rings. The van der Waals surface area contributed by atoms with Crippen molar-refractivity contribution in [3.8, 4) is 5.75 Å². The van der Waals surface area contributed by atoms with Crippen molar-refractivity contribution in [2.24, 2.45) is 0 Å². The van der Waals surface area contributed by atoms with Crippen molar-refractivity contribution in [1.82, 2.24) is 4.90 Å². The van der Waals surface area contributed by atoms with Crippen molar-refractivity contribution in [2.45, 2.75) is 39.3 Å². The van der Waals surface area contributed by atoms with Gasteiger partial charge >= 0.3 is 0 Å². The molecule has 0 heterocycles. The highest BCUT2D eigenvalue weighted by molar-refractivity contribution is 5.86. The van der Waals surface area contributed by atoms with Gasteiger partial charge in [0.1, 0.15) is 5.75 Å². The third kappa shape index (κ3) is 4.88. The van der Waals surface area contributed by atoms with E-state index in [0.717, 1.165) is 24.2 Å². The second kappa shape index (κ2) is 9.22. The number of methoxy groups -OCH3 is 1. The van der Waals surface area contributed by atoms with Crippen molar-refractivity contribution >= 4 is 16.7 Å². The fourth-order valence-corrected chi connectivity index (χ4v) is 3.31. The zero-order valence-electron chi connectivity index (χ0n) is 16.2. The Bertz CT molecular complexity index is 881. The first-order chi connectivity index (χ1) is 13.2. The third-order valence-electron chi connectivity index (χ3n) is 4.87. The molecule has 0 N–H and O–H groups in total. The van der Waals surface area contributed by atoms with Crippen LogP contribution in [0, 0.1) is 0 Å². The standard InChI is InChI=1S/C24H27NO2/c1-3-4-12-24(26)25(17-19-13-15-22(27-2)16-14-19)18-21-10-7-9-20-8-5-6-11-23(20)21/h5-11,13-16H,3-4,12,17-18H2,1-2H3. The second-order valence-corrected chi connectivity index (χ2v) is 6.84. The lowest BCUT2D eigenvalue weighted by molar-refractivity contribution is -0.132. The van der Waals surface area contributed by atoms with Gasteiger partial charge in [0, 0.05) is 19.5 Å². The van der Waals surface area contributed by atoms with Gasteiger partial charge in [0.2, 0.25) is 5.91 Å². The number of hydrogen-bond acceptors (Lipinski definition) is 2. The lowest BCUT2D eigenvalue weighted by Gasteiger charge is -2.24. The number of ether oxygens (including phenoxy) is 1. The Labute approximate surface area is 161 Å². The summed E-state index contributed by atoms with van der Waals surface area (Å²) in [7, 11) is 1.66. The average Bonchev–Trinajstić information content (AvgIpc) is 2.72. The molecule has 0 radical (unpaired) electrons. The largest absolute Gasteiger partial charge is 0.497 e. The molecular formula is C24H27NO2. The van der Waals surface area contributed by atoms with Crippen molar-refractivity contribution in [3.63, 3.8) is 0 Å². The molecule has 3 aromatic carbocycles. The van der Waals surface area contributed by atoms with Crippen molar-refractivity contribution < 1.29 is 9.53 Å². The molecule has 0 aliphatic heterocycles. The minimum Gasteiger partial charge on any atom is -0.497 e. The van der Waals surface area contributed by atoms with Crippen molar-refractivity contribution in [3.05, 3.63) is 77.9 Å². The quantitative estimate of drug-likeness (QED) is 0.525. The SMILES string of the molecule is CCCCC(=O)N(Cc1ccc(OC)cc1)Cc1cccc2ccccc12. The van der Waals surface area contributed by atoms with Crippen LogP contribution in [0.4, 0.5) is 0 Å². The number of benzene rings is 3. The third-order valence-corrected chi connectivity index (χ3v) is 4.87. The summed E-state index contributed by atoms with van der Waals surface area (Å²) >= 11 is 0. The molecule has 140 valence electrons. The number of amides is 1. The van der Waals surface area contributed by atoms with E-state index in [1.165, 1.54) is 16.3 Å². The molecule has 0 bridgehead atoms. The lowest BCUT2D eigenvalue weighted by Crippen LogP contribution is -2.30. The average molecular weight is 361 g/mol. The van der Waals surface area contributed by atoms with E-state index in [4.69, 9.17) is 4.74 Å². The first kappa shape index (κ1) is 19.0. The van der Waals surface area contributed by atoms with Crippen LogP contribution < -0.4 is 4.74 Å². The molecule has 0 unspecified atom stereocenters. The molecule has 3 heteroatoms. The molecule has 1 amide bonds. The zero-order valence-corrected chi connectivity index (χ0v) is 16.2. The van der Waals surface area contributed by atoms with E-state index in [1.807, 2.05) is 35.2 Å². The second-order valence-electron chi connectivity index (χ2n) is 6.84. The Kier molecular flexibility index (Phi) is 6.48. The summed E-state index contributed by atoms with van der Waals surface area (Å²) in [6, 6.07) is 22.6. The highest BCUT2D eigenvalue weighted by Crippen LogP contribution is 2.22. The van der Waals surface area contributed by atoms with Crippen LogP contribution in [0.1, 0.15) is 37.3 Å². The van der Waals surface area contributed by atoms with E-state index in [1.54, 1.807) is 7.11 Å². The normalized spacial score (nSPS) is 10.7. The Morgan fingerprint density at radius 1 is 0.926 bits per heavy atom. The number of unbranched alkanes of at least 4 members (excludes halogenated alkanes) is 1. The van der Waals surface area contributed by atoms with Gasteiger partial charge in [-0.05, 0) is 40.5 Å². The van der Waals surface area contributed by atoms with Gasteiger partial charge in [-0.1, -0.05) is 67.9 Å². The van der Waals surface area contributed by atoms with Crippen LogP contribution in [0.15, 0.2) is 66.7 Å². The summed E-state index contributed by atoms with van der Waals surface area (Å²) in [4.78, 5) is 14.8. The maximum absolute atomic E-state index is 12.9. The topological polar surface area (TPSA) is 29.5 Å². The molecule has 3 aromatic rings. The smallest absolute Gasteiger partial charge is 0.223 e. The molecule has 0 saturated carbocycles. The van der Waals surface area contributed by atoms with Gasteiger partial charge in [0.25, 0.3) is 0 Å². The van der Waals surface area contributed by atoms with Crippen LogP contribution in [0.2, 0.25) is 0 Å². The molecule has 0 aliphatic carbocycles. The Morgan fingerprint density at radius 2 is 1.67 bits per heavy atom. The molecule has 0 aromatic heterocycles. The van der Waals surface area contributed by atoms with Gasteiger partial charge in [0.15, 0.2) is 0 Å². The summed E-state index contributed by atoms with van der Waals surface area (Å²) in [6.45, 7) is 3.34. The van der Waals surface area contributed by atoms with Gasteiger partial charge in [0.05, 0.1) is 7.11 Å². The summed E-state index contributed by atoms with van der Waals surface area (Å²) in [5.41, 5.74) is 2.30. The molecule has 0 spiro atoms. The highest BCUT2D eigenvalue weighted by Gasteiger charge is 2.15. The van der Waals surface area contributed by atoms with Crippen LogP contribution >= 0.6 is 0 Å². The molecule has 3 rings (SSSR count). The maximum Gasteiger partial charge on any atom is 0.223 e. The van der Waals surface area contributed by atoms with E-state index in [-0.39, 0.29) is 5.91 Å². The van der Waals surface area contributed by atoms with Crippen LogP contribution in [0.25, 0.3) is 10.8 Å². The number of fused-ring (bicyclic) bond motifs is 1. The van der Waals surface area contributed by atoms with E-state index >= 15 is 0 Å². The number of rotatable bonds is 8. The fraction of sp³-hybridized carbons (Fsp3) is 0.292. The number of carbonyl (C=O) groups excluding carboxylic acids is 1. The van der Waals surface area contributed by atoms with Crippen LogP contribution in [-0.2, 0) is 17.9 Å². The highest BCUT2D eigenvalue weighted by atomic mass is 16.5. The van der Waals surface area contributed by atoms with Gasteiger partial charge in [-0.25, -0.2) is 0 Å². The summed E-state index contributed by atoms with van der Waals surface area (Å²) in [5.74, 6) is 1.04. The van der Waals surface area contributed by atoms with E-state index in [2.05, 4.69) is 43.3 Å². The number of nitrogens with zero attached hydrogens (tertiary/aromatic N) is 1. The predicted molar refractivity (Wildman–Crippen MR) is 111 cm³/mol. The zero-order chi connectivity index (χ0) is 19.1.